The van der Waals surface area contributed by atoms with Gasteiger partial charge in [0.2, 0.25) is 0 Å². The Balaban J connectivity index is 0. The summed E-state index contributed by atoms with van der Waals surface area (Å²) in [6.07, 6.45) is 4.56. The molecular weight excluding hydrogens is 112 g/mol. The van der Waals surface area contributed by atoms with Crippen LogP contribution in [0.2, 0.25) is 0 Å². The number of rotatable bonds is 1. The molecule has 0 N–H and O–H groups in total. The number of thiol groups is 2. The highest BCUT2D eigenvalue weighted by molar-refractivity contribution is 7.82. The molecule has 6 heavy (non-hydrogen) atoms. The maximum Gasteiger partial charge on any atom is 0.0345 e. The minimum atomic E-state index is 1.58. The van der Waals surface area contributed by atoms with Crippen molar-refractivity contribution >= 4 is 25.3 Å². The summed E-state index contributed by atoms with van der Waals surface area (Å²) in [5, 5.41) is 0. The first-order valence-corrected chi connectivity index (χ1v) is 2.46. The lowest BCUT2D eigenvalue weighted by Crippen LogP contribution is -1.31. The van der Waals surface area contributed by atoms with Crippen molar-refractivity contribution in [3.63, 3.8) is 0 Å². The van der Waals surface area contributed by atoms with Crippen molar-refractivity contribution in [2.45, 2.75) is 0 Å². The minimum Gasteiger partial charge on any atom is -0.179 e. The van der Waals surface area contributed by atoms with Crippen molar-refractivity contribution in [3.05, 3.63) is 24.7 Å². The van der Waals surface area contributed by atoms with E-state index in [2.05, 4.69) is 38.1 Å². The summed E-state index contributed by atoms with van der Waals surface area (Å²) in [5.41, 5.74) is 0. The molecule has 0 saturated heterocycles. The summed E-state index contributed by atoms with van der Waals surface area (Å²) in [4.78, 5) is 0. The lowest BCUT2D eigenvalue weighted by molar-refractivity contribution is 2.11. The molecule has 0 bridgehead atoms. The Morgan fingerprint density at radius 2 is 1.50 bits per heavy atom. The molecule has 0 nitrogen and oxygen atoms in total. The normalized spacial score (nSPS) is 5.17. The van der Waals surface area contributed by atoms with Crippen molar-refractivity contribution in [2.75, 3.05) is 0 Å². The maximum atomic E-state index is 3.68. The first-order chi connectivity index (χ1) is 2.91. The largest absolute Gasteiger partial charge is 0.179 e. The van der Waals surface area contributed by atoms with Gasteiger partial charge in [-0.05, 0) is 6.26 Å². The highest BCUT2D eigenvalue weighted by Crippen LogP contribution is 1.76. The quantitative estimate of drug-likeness (QED) is 0.486. The van der Waals surface area contributed by atoms with Crippen LogP contribution >= 0.6 is 25.3 Å². The van der Waals surface area contributed by atoms with Gasteiger partial charge < -0.3 is 0 Å². The molecular formula is C4H8S2. The van der Waals surface area contributed by atoms with E-state index in [0.717, 1.165) is 0 Å². The first kappa shape index (κ1) is 9.67. The van der Waals surface area contributed by atoms with E-state index < -0.39 is 0 Å². The Hall–Kier alpha value is 0.440. The SMILES string of the molecule is C=C[CH]S.[CH2]S. The molecule has 0 fully saturated rings. The molecule has 0 atom stereocenters. The van der Waals surface area contributed by atoms with Crippen LogP contribution in [-0.2, 0) is 0 Å². The predicted octanol–water partition coefficient (Wildman–Crippen LogP) is 1.97. The highest BCUT2D eigenvalue weighted by Gasteiger charge is 1.47. The van der Waals surface area contributed by atoms with Crippen LogP contribution < -0.4 is 0 Å². The predicted molar refractivity (Wildman–Crippen MR) is 37.8 cm³/mol. The van der Waals surface area contributed by atoms with Crippen LogP contribution in [0.5, 0.6) is 0 Å². The standard InChI is InChI=1S/C3H5S.CH3S/c1-2-3-4;1-2/h2-4H,1H2;2H,1H2. The summed E-state index contributed by atoms with van der Waals surface area (Å²) >= 11 is 6.96. The van der Waals surface area contributed by atoms with Gasteiger partial charge in [0.05, 0.1) is 0 Å². The van der Waals surface area contributed by atoms with E-state index >= 15 is 0 Å². The van der Waals surface area contributed by atoms with Gasteiger partial charge in [-0.1, -0.05) is 6.08 Å². The molecule has 0 aliphatic rings. The summed E-state index contributed by atoms with van der Waals surface area (Å²) in [6.45, 7) is 3.35. The zero-order valence-corrected chi connectivity index (χ0v) is 5.25. The van der Waals surface area contributed by atoms with E-state index in [1.54, 1.807) is 11.8 Å². The summed E-state index contributed by atoms with van der Waals surface area (Å²) in [6, 6.07) is 0. The van der Waals surface area contributed by atoms with Crippen LogP contribution in [0.4, 0.5) is 0 Å². The fraction of sp³-hybridized carbons (Fsp3) is 0. The van der Waals surface area contributed by atoms with E-state index in [1.165, 1.54) is 0 Å². The van der Waals surface area contributed by atoms with E-state index in [9.17, 15) is 0 Å². The molecule has 0 heterocycles. The zero-order valence-electron chi connectivity index (χ0n) is 3.46. The lowest BCUT2D eigenvalue weighted by Gasteiger charge is -1.56. The highest BCUT2D eigenvalue weighted by atomic mass is 32.1. The van der Waals surface area contributed by atoms with Gasteiger partial charge in [0.15, 0.2) is 0 Å². The topological polar surface area (TPSA) is 0 Å². The van der Waals surface area contributed by atoms with Gasteiger partial charge in [-0.15, -0.1) is 6.58 Å². The second-order valence-electron chi connectivity index (χ2n) is 0.385. The van der Waals surface area contributed by atoms with Crippen molar-refractivity contribution in [2.24, 2.45) is 0 Å². The van der Waals surface area contributed by atoms with Crippen LogP contribution in [0.3, 0.4) is 0 Å². The van der Waals surface area contributed by atoms with Gasteiger partial charge in [-0.2, -0.15) is 25.3 Å². The van der Waals surface area contributed by atoms with Crippen LogP contribution in [0, 0.1) is 12.0 Å². The van der Waals surface area contributed by atoms with Crippen molar-refractivity contribution in [3.8, 4) is 0 Å². The second kappa shape index (κ2) is 18.0. The third-order valence-corrected chi connectivity index (χ3v) is 0.316. The smallest absolute Gasteiger partial charge is 0.0345 e. The van der Waals surface area contributed by atoms with Gasteiger partial charge >= 0.3 is 0 Å². The van der Waals surface area contributed by atoms with Crippen molar-refractivity contribution < 1.29 is 0 Å². The zero-order chi connectivity index (χ0) is 5.41. The average Bonchev–Trinajstić information content (AvgIpc) is 1.72. The van der Waals surface area contributed by atoms with Gasteiger partial charge in [0.1, 0.15) is 0 Å². The van der Waals surface area contributed by atoms with Crippen molar-refractivity contribution in [1.29, 1.82) is 0 Å². The van der Waals surface area contributed by atoms with Crippen LogP contribution in [-0.4, -0.2) is 0 Å². The fourth-order valence-corrected chi connectivity index (χ4v) is 0. The molecule has 0 spiro atoms. The molecule has 0 rings (SSSR count). The molecule has 0 saturated carbocycles. The lowest BCUT2D eigenvalue weighted by atomic mass is 10.8. The van der Waals surface area contributed by atoms with Crippen LogP contribution in [0.15, 0.2) is 12.7 Å². The summed E-state index contributed by atoms with van der Waals surface area (Å²) in [5.74, 6) is 1.58. The monoisotopic (exact) mass is 120 g/mol. The van der Waals surface area contributed by atoms with Gasteiger partial charge in [-0.3, -0.25) is 0 Å². The third-order valence-electron chi connectivity index (χ3n) is 0.105. The number of hydrogen-bond acceptors (Lipinski definition) is 2. The van der Waals surface area contributed by atoms with Crippen LogP contribution in [0.1, 0.15) is 0 Å². The summed E-state index contributed by atoms with van der Waals surface area (Å²) in [7, 11) is 0. The molecule has 0 aliphatic heterocycles. The molecule has 0 unspecified atom stereocenters. The van der Waals surface area contributed by atoms with E-state index in [0.29, 0.717) is 0 Å². The molecule has 0 amide bonds. The number of hydrogen-bond donors (Lipinski definition) is 2. The fourth-order valence-electron chi connectivity index (χ4n) is 0. The van der Waals surface area contributed by atoms with Gasteiger partial charge in [0, 0.05) is 5.75 Å². The molecule has 0 aromatic heterocycles. The Morgan fingerprint density at radius 3 is 1.50 bits per heavy atom. The second-order valence-corrected chi connectivity index (χ2v) is 0.683. The van der Waals surface area contributed by atoms with E-state index in [4.69, 9.17) is 0 Å². The minimum absolute atomic E-state index is 1.58. The van der Waals surface area contributed by atoms with Crippen molar-refractivity contribution in [1.82, 2.24) is 0 Å². The maximum absolute atomic E-state index is 3.68. The molecule has 36 valence electrons. The molecule has 2 radical (unpaired) electrons. The first-order valence-electron chi connectivity index (χ1n) is 1.32. The Labute approximate surface area is 50.5 Å². The van der Waals surface area contributed by atoms with Gasteiger partial charge in [-0.25, -0.2) is 0 Å². The average molecular weight is 120 g/mol. The van der Waals surface area contributed by atoms with Gasteiger partial charge in [0.25, 0.3) is 0 Å². The Kier molecular flexibility index (Phi) is 29.0. The Bertz CT molecular complexity index is 19.5. The molecule has 0 aliphatic carbocycles. The molecule has 2 heteroatoms. The summed E-state index contributed by atoms with van der Waals surface area (Å²) < 4.78 is 0. The molecule has 0 aromatic rings. The third kappa shape index (κ3) is 25.3. The van der Waals surface area contributed by atoms with E-state index in [1.807, 2.05) is 0 Å². The van der Waals surface area contributed by atoms with Crippen LogP contribution in [0.25, 0.3) is 0 Å². The Morgan fingerprint density at radius 1 is 1.33 bits per heavy atom. The van der Waals surface area contributed by atoms with E-state index in [-0.39, 0.29) is 0 Å². The molecule has 0 aromatic carbocycles.